The number of ether oxygens (including phenoxy) is 5. The predicted molar refractivity (Wildman–Crippen MR) is 143 cm³/mol. The molecule has 0 bridgehead atoms. The van der Waals surface area contributed by atoms with E-state index in [1.807, 2.05) is 0 Å². The molecule has 8 N–H and O–H groups in total. The summed E-state index contributed by atoms with van der Waals surface area (Å²) in [5.41, 5.74) is -0.238. The van der Waals surface area contributed by atoms with Crippen molar-refractivity contribution in [3.8, 4) is 34.3 Å². The molecule has 15 nitrogen and oxygen atoms in total. The van der Waals surface area contributed by atoms with Crippen LogP contribution in [-0.2, 0) is 14.2 Å². The topological polar surface area (TPSA) is 238 Å². The molecule has 0 radical (unpaired) electrons. The van der Waals surface area contributed by atoms with Gasteiger partial charge in [0.1, 0.15) is 71.0 Å². The van der Waals surface area contributed by atoms with E-state index >= 15 is 0 Å². The standard InChI is InChI=1S/C28H32O15/c1-10-21(32)23(34)25(36)27(40-10)39-9-19-22(33)24(35)26(37)28(43-19)42-16-4-3-11(5-13(16)29)17-8-15(31)20-14(30)6-12(38-2)7-18(20)41-17/h3-8,10,19,21-30,32-37H,9H2,1-2H3/t10-,19+,21-,22+,23+,24-,25+,26+,27+,28+/m0/s1. The lowest BCUT2D eigenvalue weighted by Crippen LogP contribution is -2.61. The zero-order valence-electron chi connectivity index (χ0n) is 22.9. The average Bonchev–Trinajstić information content (AvgIpc) is 2.98. The number of aliphatic hydroxyl groups excluding tert-OH is 6. The largest absolute Gasteiger partial charge is 0.507 e. The predicted octanol–water partition coefficient (Wildman–Crippen LogP) is -1.09. The second-order valence-electron chi connectivity index (χ2n) is 10.3. The number of aliphatic hydroxyl groups is 6. The number of aromatic hydroxyl groups is 2. The van der Waals surface area contributed by atoms with E-state index in [2.05, 4.69) is 0 Å². The maximum atomic E-state index is 12.7. The van der Waals surface area contributed by atoms with Crippen LogP contribution in [0.3, 0.4) is 0 Å². The Bertz CT molecular complexity index is 1510. The second-order valence-corrected chi connectivity index (χ2v) is 10.3. The van der Waals surface area contributed by atoms with Gasteiger partial charge < -0.3 is 69.0 Å². The van der Waals surface area contributed by atoms with Crippen LogP contribution < -0.4 is 14.9 Å². The molecule has 15 heteroatoms. The fourth-order valence-corrected chi connectivity index (χ4v) is 4.89. The molecule has 0 aliphatic carbocycles. The molecule has 1 aromatic heterocycles. The van der Waals surface area contributed by atoms with Crippen molar-refractivity contribution in [2.24, 2.45) is 0 Å². The van der Waals surface area contributed by atoms with Gasteiger partial charge in [0.05, 0.1) is 19.8 Å². The molecule has 2 aliphatic rings. The number of benzene rings is 2. The highest BCUT2D eigenvalue weighted by Crippen LogP contribution is 2.36. The van der Waals surface area contributed by atoms with Gasteiger partial charge in [0.25, 0.3) is 0 Å². The lowest BCUT2D eigenvalue weighted by molar-refractivity contribution is -0.318. The summed E-state index contributed by atoms with van der Waals surface area (Å²) in [6, 6.07) is 7.76. The molecule has 2 fully saturated rings. The van der Waals surface area contributed by atoms with E-state index in [0.717, 1.165) is 6.07 Å². The molecule has 234 valence electrons. The fraction of sp³-hybridized carbons (Fsp3) is 0.464. The zero-order chi connectivity index (χ0) is 31.2. The van der Waals surface area contributed by atoms with Crippen LogP contribution in [0.15, 0.2) is 45.6 Å². The zero-order valence-corrected chi connectivity index (χ0v) is 22.9. The summed E-state index contributed by atoms with van der Waals surface area (Å²) in [5.74, 6) is -0.673. The van der Waals surface area contributed by atoms with Gasteiger partial charge in [0.15, 0.2) is 23.2 Å². The molecule has 0 amide bonds. The summed E-state index contributed by atoms with van der Waals surface area (Å²) in [7, 11) is 1.38. The molecule has 3 aromatic rings. The molecule has 5 rings (SSSR count). The van der Waals surface area contributed by atoms with Crippen molar-refractivity contribution in [2.75, 3.05) is 13.7 Å². The van der Waals surface area contributed by atoms with Crippen molar-refractivity contribution in [3.63, 3.8) is 0 Å². The first kappa shape index (κ1) is 30.9. The Morgan fingerprint density at radius 1 is 0.791 bits per heavy atom. The van der Waals surface area contributed by atoms with Gasteiger partial charge in [-0.25, -0.2) is 0 Å². The molecule has 0 unspecified atom stereocenters. The van der Waals surface area contributed by atoms with E-state index in [-0.39, 0.29) is 39.5 Å². The van der Waals surface area contributed by atoms with E-state index in [1.165, 1.54) is 44.4 Å². The molecular weight excluding hydrogens is 576 g/mol. The van der Waals surface area contributed by atoms with Crippen LogP contribution in [0.5, 0.6) is 23.0 Å². The van der Waals surface area contributed by atoms with Crippen LogP contribution in [-0.4, -0.2) is 116 Å². The summed E-state index contributed by atoms with van der Waals surface area (Å²) in [6.07, 6.45) is -14.9. The van der Waals surface area contributed by atoms with Gasteiger partial charge >= 0.3 is 0 Å². The smallest absolute Gasteiger partial charge is 0.229 e. The Kier molecular flexibility index (Phi) is 8.80. The Morgan fingerprint density at radius 3 is 2.19 bits per heavy atom. The first-order chi connectivity index (χ1) is 20.4. The highest BCUT2D eigenvalue weighted by atomic mass is 16.7. The van der Waals surface area contributed by atoms with Crippen LogP contribution in [0.25, 0.3) is 22.3 Å². The monoisotopic (exact) mass is 608 g/mol. The third-order valence-electron chi connectivity index (χ3n) is 7.41. The molecule has 2 aromatic carbocycles. The van der Waals surface area contributed by atoms with Crippen molar-refractivity contribution in [1.82, 2.24) is 0 Å². The SMILES string of the molecule is COc1cc(O)c2c(=O)cc(-c3ccc(O[C@@H]4O[C@H](CO[C@@H]5O[C@@H](C)[C@H](O)[C@@H](O)[C@H]5O)[C@@H](O)[C@H](O)[C@H]4O)c(O)c3)oc2c1. The fourth-order valence-electron chi connectivity index (χ4n) is 4.89. The van der Waals surface area contributed by atoms with Crippen molar-refractivity contribution < 1.29 is 69.0 Å². The van der Waals surface area contributed by atoms with Crippen LogP contribution in [0, 0.1) is 0 Å². The number of phenolic OH excluding ortho intramolecular Hbond substituents is 2. The minimum Gasteiger partial charge on any atom is -0.507 e. The molecular formula is C28H32O15. The Balaban J connectivity index is 1.31. The number of hydrogen-bond acceptors (Lipinski definition) is 15. The van der Waals surface area contributed by atoms with Crippen LogP contribution >= 0.6 is 0 Å². The Labute approximate surface area is 243 Å². The summed E-state index contributed by atoms with van der Waals surface area (Å²) in [6.45, 7) is 0.966. The second kappa shape index (κ2) is 12.2. The van der Waals surface area contributed by atoms with Crippen molar-refractivity contribution >= 4 is 11.0 Å². The molecule has 10 atom stereocenters. The van der Waals surface area contributed by atoms with Gasteiger partial charge in [-0.15, -0.1) is 0 Å². The highest BCUT2D eigenvalue weighted by molar-refractivity contribution is 5.86. The Hall–Kier alpha value is -3.51. The van der Waals surface area contributed by atoms with Gasteiger partial charge in [-0.1, -0.05) is 0 Å². The van der Waals surface area contributed by atoms with Crippen LogP contribution in [0.4, 0.5) is 0 Å². The van der Waals surface area contributed by atoms with E-state index < -0.39 is 79.2 Å². The first-order valence-corrected chi connectivity index (χ1v) is 13.3. The number of rotatable bonds is 7. The maximum absolute atomic E-state index is 12.7. The molecule has 0 spiro atoms. The number of methoxy groups -OCH3 is 1. The van der Waals surface area contributed by atoms with Gasteiger partial charge in [-0.3, -0.25) is 4.79 Å². The van der Waals surface area contributed by atoms with Crippen molar-refractivity contribution in [3.05, 3.63) is 46.6 Å². The third kappa shape index (κ3) is 5.99. The van der Waals surface area contributed by atoms with Crippen LogP contribution in [0.1, 0.15) is 6.92 Å². The maximum Gasteiger partial charge on any atom is 0.229 e. The van der Waals surface area contributed by atoms with E-state index in [4.69, 9.17) is 28.1 Å². The molecule has 43 heavy (non-hydrogen) atoms. The molecule has 0 saturated carbocycles. The number of hydrogen-bond donors (Lipinski definition) is 8. The van der Waals surface area contributed by atoms with Crippen LogP contribution in [0.2, 0.25) is 0 Å². The molecule has 3 heterocycles. The first-order valence-electron chi connectivity index (χ1n) is 13.3. The van der Waals surface area contributed by atoms with Crippen molar-refractivity contribution in [1.29, 1.82) is 0 Å². The van der Waals surface area contributed by atoms with Gasteiger partial charge in [-0.2, -0.15) is 0 Å². The Morgan fingerprint density at radius 2 is 1.49 bits per heavy atom. The summed E-state index contributed by atoms with van der Waals surface area (Å²) >= 11 is 0. The average molecular weight is 609 g/mol. The lowest BCUT2D eigenvalue weighted by atomic mass is 9.98. The summed E-state index contributed by atoms with van der Waals surface area (Å²) in [4.78, 5) is 12.7. The molecule has 2 saturated heterocycles. The third-order valence-corrected chi connectivity index (χ3v) is 7.41. The minimum atomic E-state index is -1.77. The van der Waals surface area contributed by atoms with Crippen molar-refractivity contribution in [2.45, 2.75) is 68.3 Å². The summed E-state index contributed by atoms with van der Waals surface area (Å²) in [5, 5.41) is 82.1. The van der Waals surface area contributed by atoms with Gasteiger partial charge in [-0.05, 0) is 25.1 Å². The van der Waals surface area contributed by atoms with E-state index in [0.29, 0.717) is 0 Å². The minimum absolute atomic E-state index is 0.0463. The number of phenols is 2. The van der Waals surface area contributed by atoms with Gasteiger partial charge in [0, 0.05) is 23.8 Å². The van der Waals surface area contributed by atoms with Gasteiger partial charge in [0.2, 0.25) is 6.29 Å². The highest BCUT2D eigenvalue weighted by Gasteiger charge is 2.47. The normalized spacial score (nSPS) is 32.9. The number of fused-ring (bicyclic) bond motifs is 1. The summed E-state index contributed by atoms with van der Waals surface area (Å²) < 4.78 is 32.8. The van der Waals surface area contributed by atoms with E-state index in [9.17, 15) is 45.6 Å². The van der Waals surface area contributed by atoms with E-state index in [1.54, 1.807) is 0 Å². The lowest BCUT2D eigenvalue weighted by Gasteiger charge is -2.42. The quantitative estimate of drug-likeness (QED) is 0.159. The molecule has 2 aliphatic heterocycles.